The molecule has 1 aliphatic rings. The number of benzene rings is 1. The van der Waals surface area contributed by atoms with Crippen LogP contribution in [0.2, 0.25) is 0 Å². The molecule has 5 heteroatoms. The zero-order chi connectivity index (χ0) is 11.4. The summed E-state index contributed by atoms with van der Waals surface area (Å²) in [7, 11) is 0. The van der Waals surface area contributed by atoms with Gasteiger partial charge < -0.3 is 5.32 Å². The Kier molecular flexibility index (Phi) is 3.36. The lowest BCUT2D eigenvalue weighted by atomic mass is 10.3. The van der Waals surface area contributed by atoms with E-state index in [-0.39, 0.29) is 5.69 Å². The molecule has 1 aromatic carbocycles. The Labute approximate surface area is 93.0 Å². The molecule has 0 radical (unpaired) electrons. The van der Waals surface area contributed by atoms with E-state index in [4.69, 9.17) is 4.84 Å². The number of hydrogen-bond donors (Lipinski definition) is 1. The van der Waals surface area contributed by atoms with Crippen molar-refractivity contribution >= 4 is 11.7 Å². The molecule has 0 saturated carbocycles. The SMILES string of the molecule is O=C(Nc1ccccc1F)N1CCCCO1. The summed E-state index contributed by atoms with van der Waals surface area (Å²) in [5, 5.41) is 3.70. The number of hydrogen-bond acceptors (Lipinski definition) is 2. The highest BCUT2D eigenvalue weighted by Crippen LogP contribution is 2.14. The lowest BCUT2D eigenvalue weighted by Crippen LogP contribution is -2.38. The van der Waals surface area contributed by atoms with E-state index >= 15 is 0 Å². The van der Waals surface area contributed by atoms with E-state index in [0.29, 0.717) is 13.2 Å². The van der Waals surface area contributed by atoms with Crippen LogP contribution < -0.4 is 5.32 Å². The van der Waals surface area contributed by atoms with E-state index in [1.165, 1.54) is 17.2 Å². The van der Waals surface area contributed by atoms with Crippen molar-refractivity contribution in [2.75, 3.05) is 18.5 Å². The molecule has 0 bridgehead atoms. The van der Waals surface area contributed by atoms with Crippen molar-refractivity contribution in [1.82, 2.24) is 5.06 Å². The second kappa shape index (κ2) is 4.94. The fourth-order valence-electron chi connectivity index (χ4n) is 1.50. The summed E-state index contributed by atoms with van der Waals surface area (Å²) in [4.78, 5) is 16.8. The first kappa shape index (κ1) is 10.9. The van der Waals surface area contributed by atoms with Gasteiger partial charge in [-0.05, 0) is 25.0 Å². The third-order valence-corrected chi connectivity index (χ3v) is 2.34. The van der Waals surface area contributed by atoms with Crippen LogP contribution in [0.15, 0.2) is 24.3 Å². The van der Waals surface area contributed by atoms with Gasteiger partial charge in [0.05, 0.1) is 18.8 Å². The van der Waals surface area contributed by atoms with E-state index in [0.717, 1.165) is 12.8 Å². The smallest absolute Gasteiger partial charge is 0.303 e. The number of anilines is 1. The molecule has 4 nitrogen and oxygen atoms in total. The number of hydroxylamine groups is 2. The highest BCUT2D eigenvalue weighted by Gasteiger charge is 2.18. The van der Waals surface area contributed by atoms with Crippen LogP contribution in [0.25, 0.3) is 0 Å². The molecule has 1 aliphatic heterocycles. The van der Waals surface area contributed by atoms with Gasteiger partial charge in [0.15, 0.2) is 0 Å². The first-order valence-corrected chi connectivity index (χ1v) is 5.23. The van der Waals surface area contributed by atoms with Gasteiger partial charge in [0.1, 0.15) is 5.82 Å². The van der Waals surface area contributed by atoms with E-state index in [1.807, 2.05) is 0 Å². The van der Waals surface area contributed by atoms with Crippen LogP contribution in [0.3, 0.4) is 0 Å². The summed E-state index contributed by atoms with van der Waals surface area (Å²) in [5.41, 5.74) is 0.168. The van der Waals surface area contributed by atoms with Gasteiger partial charge in [-0.1, -0.05) is 12.1 Å². The number of carbonyl (C=O) groups excluding carboxylic acids is 1. The van der Waals surface area contributed by atoms with Crippen LogP contribution in [-0.4, -0.2) is 24.2 Å². The topological polar surface area (TPSA) is 41.6 Å². The zero-order valence-electron chi connectivity index (χ0n) is 8.78. The Morgan fingerprint density at radius 2 is 2.19 bits per heavy atom. The number of rotatable bonds is 1. The molecule has 2 amide bonds. The Balaban J connectivity index is 1.99. The molecule has 0 aliphatic carbocycles. The molecule has 1 N–H and O–H groups in total. The monoisotopic (exact) mass is 224 g/mol. The molecule has 16 heavy (non-hydrogen) atoms. The van der Waals surface area contributed by atoms with Crippen LogP contribution >= 0.6 is 0 Å². The molecular weight excluding hydrogens is 211 g/mol. The van der Waals surface area contributed by atoms with Crippen LogP contribution in [0.1, 0.15) is 12.8 Å². The molecule has 1 heterocycles. The lowest BCUT2D eigenvalue weighted by Gasteiger charge is -2.25. The van der Waals surface area contributed by atoms with Crippen molar-refractivity contribution in [3.63, 3.8) is 0 Å². The number of urea groups is 1. The predicted octanol–water partition coefficient (Wildman–Crippen LogP) is 2.39. The van der Waals surface area contributed by atoms with Crippen LogP contribution in [0.5, 0.6) is 0 Å². The number of carbonyl (C=O) groups is 1. The molecule has 86 valence electrons. The number of nitrogens with one attached hydrogen (secondary N) is 1. The predicted molar refractivity (Wildman–Crippen MR) is 57.3 cm³/mol. The van der Waals surface area contributed by atoms with Crippen molar-refractivity contribution in [1.29, 1.82) is 0 Å². The van der Waals surface area contributed by atoms with Crippen LogP contribution in [0, 0.1) is 5.82 Å². The van der Waals surface area contributed by atoms with E-state index in [9.17, 15) is 9.18 Å². The van der Waals surface area contributed by atoms with Gasteiger partial charge in [-0.3, -0.25) is 4.84 Å². The van der Waals surface area contributed by atoms with E-state index < -0.39 is 11.8 Å². The molecule has 2 rings (SSSR count). The maximum Gasteiger partial charge on any atom is 0.345 e. The maximum atomic E-state index is 13.2. The van der Waals surface area contributed by atoms with Gasteiger partial charge in [-0.25, -0.2) is 14.2 Å². The average Bonchev–Trinajstić information content (AvgIpc) is 2.33. The molecule has 0 aromatic heterocycles. The summed E-state index contributed by atoms with van der Waals surface area (Å²) in [6.07, 6.45) is 1.86. The molecule has 1 saturated heterocycles. The van der Waals surface area contributed by atoms with Crippen molar-refractivity contribution in [3.05, 3.63) is 30.1 Å². The van der Waals surface area contributed by atoms with Gasteiger partial charge in [0.25, 0.3) is 0 Å². The molecular formula is C11H13FN2O2. The normalized spacial score (nSPS) is 15.9. The third-order valence-electron chi connectivity index (χ3n) is 2.34. The first-order chi connectivity index (χ1) is 7.77. The van der Waals surface area contributed by atoms with Crippen LogP contribution in [-0.2, 0) is 4.84 Å². The van der Waals surface area contributed by atoms with Gasteiger partial charge in [-0.2, -0.15) is 0 Å². The second-order valence-corrected chi connectivity index (χ2v) is 3.55. The number of para-hydroxylation sites is 1. The Bertz CT molecular complexity index is 378. The number of amides is 2. The second-order valence-electron chi connectivity index (χ2n) is 3.55. The summed E-state index contributed by atoms with van der Waals surface area (Å²) >= 11 is 0. The van der Waals surface area contributed by atoms with Crippen molar-refractivity contribution in [2.24, 2.45) is 0 Å². The Morgan fingerprint density at radius 1 is 1.38 bits per heavy atom. The standard InChI is InChI=1S/C11H13FN2O2/c12-9-5-1-2-6-10(9)13-11(15)14-7-3-4-8-16-14/h1-2,5-6H,3-4,7-8H2,(H,13,15). The molecule has 1 fully saturated rings. The minimum atomic E-state index is -0.451. The van der Waals surface area contributed by atoms with E-state index in [1.54, 1.807) is 12.1 Å². The van der Waals surface area contributed by atoms with Crippen LogP contribution in [0.4, 0.5) is 14.9 Å². The summed E-state index contributed by atoms with van der Waals surface area (Å²) in [6.45, 7) is 1.07. The van der Waals surface area contributed by atoms with Crippen molar-refractivity contribution < 1.29 is 14.0 Å². The molecule has 0 atom stereocenters. The third kappa shape index (κ3) is 2.49. The van der Waals surface area contributed by atoms with Gasteiger partial charge in [0.2, 0.25) is 0 Å². The maximum absolute atomic E-state index is 13.2. The summed E-state index contributed by atoms with van der Waals surface area (Å²) in [5.74, 6) is -0.451. The average molecular weight is 224 g/mol. The summed E-state index contributed by atoms with van der Waals surface area (Å²) < 4.78 is 13.2. The largest absolute Gasteiger partial charge is 0.345 e. The van der Waals surface area contributed by atoms with Gasteiger partial charge >= 0.3 is 6.03 Å². The van der Waals surface area contributed by atoms with Crippen molar-refractivity contribution in [3.8, 4) is 0 Å². The molecule has 0 spiro atoms. The van der Waals surface area contributed by atoms with Crippen molar-refractivity contribution in [2.45, 2.75) is 12.8 Å². The fourth-order valence-corrected chi connectivity index (χ4v) is 1.50. The Morgan fingerprint density at radius 3 is 2.88 bits per heavy atom. The Hall–Kier alpha value is -1.62. The minimum absolute atomic E-state index is 0.168. The highest BCUT2D eigenvalue weighted by molar-refractivity contribution is 5.88. The lowest BCUT2D eigenvalue weighted by molar-refractivity contribution is -0.135. The zero-order valence-corrected chi connectivity index (χ0v) is 8.78. The quantitative estimate of drug-likeness (QED) is 0.795. The van der Waals surface area contributed by atoms with E-state index in [2.05, 4.69) is 5.32 Å². The molecule has 0 unspecified atom stereocenters. The van der Waals surface area contributed by atoms with Gasteiger partial charge in [0, 0.05) is 0 Å². The number of halogens is 1. The number of nitrogens with zero attached hydrogens (tertiary/aromatic N) is 1. The first-order valence-electron chi connectivity index (χ1n) is 5.23. The fraction of sp³-hybridized carbons (Fsp3) is 0.364. The summed E-state index contributed by atoms with van der Waals surface area (Å²) in [6, 6.07) is 5.62. The highest BCUT2D eigenvalue weighted by atomic mass is 19.1. The minimum Gasteiger partial charge on any atom is -0.303 e. The van der Waals surface area contributed by atoms with Gasteiger partial charge in [-0.15, -0.1) is 0 Å². The molecule has 1 aromatic rings.